The smallest absolute Gasteiger partial charge is 0.489 e. The van der Waals surface area contributed by atoms with Crippen LogP contribution in [0.15, 0.2) is 18.2 Å². The lowest BCUT2D eigenvalue weighted by Crippen LogP contribution is -2.30. The molecule has 1 rings (SSSR count). The average molecular weight is 283 g/mol. The van der Waals surface area contributed by atoms with Gasteiger partial charge in [0.2, 0.25) is 0 Å². The molecular formula is C12H17NO5Si. The van der Waals surface area contributed by atoms with Crippen molar-refractivity contribution in [1.82, 2.24) is 0 Å². The first kappa shape index (κ1) is 15.2. The van der Waals surface area contributed by atoms with Crippen molar-refractivity contribution < 1.29 is 18.9 Å². The van der Waals surface area contributed by atoms with E-state index in [0.29, 0.717) is 17.7 Å². The molecule has 0 aliphatic heterocycles. The zero-order valence-corrected chi connectivity index (χ0v) is 12.4. The Morgan fingerprint density at radius 1 is 1.37 bits per heavy atom. The van der Waals surface area contributed by atoms with Crippen molar-refractivity contribution in [1.29, 1.82) is 0 Å². The second kappa shape index (κ2) is 5.83. The number of nitrogens with zero attached hydrogens (tertiary/aromatic N) is 1. The van der Waals surface area contributed by atoms with Crippen LogP contribution in [0.25, 0.3) is 0 Å². The molecule has 19 heavy (non-hydrogen) atoms. The van der Waals surface area contributed by atoms with Crippen LogP contribution < -0.4 is 4.74 Å². The largest absolute Gasteiger partial charge is 0.499 e. The molecule has 104 valence electrons. The van der Waals surface area contributed by atoms with Crippen molar-refractivity contribution in [2.45, 2.75) is 33.0 Å². The summed E-state index contributed by atoms with van der Waals surface area (Å²) in [5.41, 5.74) is 0.574. The number of nitro groups is 1. The first-order valence-electron chi connectivity index (χ1n) is 5.91. The Labute approximate surface area is 112 Å². The van der Waals surface area contributed by atoms with E-state index in [1.54, 1.807) is 0 Å². The molecule has 0 saturated carbocycles. The zero-order chi connectivity index (χ0) is 14.6. The van der Waals surface area contributed by atoms with Gasteiger partial charge < -0.3 is 9.16 Å². The van der Waals surface area contributed by atoms with E-state index in [4.69, 9.17) is 9.16 Å². The maximum atomic E-state index is 11.6. The second-order valence-corrected chi connectivity index (χ2v) is 9.40. The Bertz CT molecular complexity index is 495. The van der Waals surface area contributed by atoms with Gasteiger partial charge in [0.15, 0.2) is 0 Å². The van der Waals surface area contributed by atoms with Gasteiger partial charge in [-0.1, -0.05) is 6.92 Å². The SMILES string of the molecule is CCc1cc([N+](=O)[O-])ccc1OC(=O)O[Si](C)(C)C. The number of benzene rings is 1. The Morgan fingerprint density at radius 2 is 2.00 bits per heavy atom. The summed E-state index contributed by atoms with van der Waals surface area (Å²) in [7, 11) is -2.01. The van der Waals surface area contributed by atoms with Crippen molar-refractivity contribution >= 4 is 20.2 Å². The first-order valence-corrected chi connectivity index (χ1v) is 9.32. The quantitative estimate of drug-likeness (QED) is 0.278. The van der Waals surface area contributed by atoms with Gasteiger partial charge in [-0.15, -0.1) is 0 Å². The van der Waals surface area contributed by atoms with Crippen LogP contribution in [0.1, 0.15) is 12.5 Å². The Hall–Kier alpha value is -1.89. The van der Waals surface area contributed by atoms with Gasteiger partial charge in [-0.05, 0) is 32.1 Å². The number of nitro benzene ring substituents is 1. The van der Waals surface area contributed by atoms with Gasteiger partial charge in [0.25, 0.3) is 14.0 Å². The van der Waals surface area contributed by atoms with Crippen LogP contribution in [0.5, 0.6) is 5.75 Å². The lowest BCUT2D eigenvalue weighted by molar-refractivity contribution is -0.384. The van der Waals surface area contributed by atoms with Crippen LogP contribution in [0.3, 0.4) is 0 Å². The summed E-state index contributed by atoms with van der Waals surface area (Å²) in [5, 5.41) is 10.7. The molecule has 0 aliphatic rings. The van der Waals surface area contributed by atoms with Crippen molar-refractivity contribution in [2.24, 2.45) is 0 Å². The Balaban J connectivity index is 2.89. The maximum absolute atomic E-state index is 11.6. The van der Waals surface area contributed by atoms with Crippen LogP contribution >= 0.6 is 0 Å². The number of hydrogen-bond acceptors (Lipinski definition) is 5. The number of carbonyl (C=O) groups is 1. The van der Waals surface area contributed by atoms with Crippen LogP contribution in [-0.4, -0.2) is 19.4 Å². The van der Waals surface area contributed by atoms with Crippen molar-refractivity contribution in [3.05, 3.63) is 33.9 Å². The van der Waals surface area contributed by atoms with Crippen LogP contribution in [0.2, 0.25) is 19.6 Å². The first-order chi connectivity index (χ1) is 8.73. The van der Waals surface area contributed by atoms with Gasteiger partial charge in [-0.3, -0.25) is 10.1 Å². The molecule has 0 radical (unpaired) electrons. The minimum Gasteiger partial charge on any atom is -0.489 e. The summed E-state index contributed by atoms with van der Waals surface area (Å²) in [5.74, 6) is 0.302. The Kier molecular flexibility index (Phi) is 4.65. The van der Waals surface area contributed by atoms with E-state index in [9.17, 15) is 14.9 Å². The van der Waals surface area contributed by atoms with E-state index in [0.717, 1.165) is 0 Å². The minimum atomic E-state index is -2.01. The minimum absolute atomic E-state index is 0.0252. The number of rotatable bonds is 4. The van der Waals surface area contributed by atoms with E-state index in [-0.39, 0.29) is 5.69 Å². The molecule has 1 aromatic carbocycles. The van der Waals surface area contributed by atoms with Crippen LogP contribution in [-0.2, 0) is 10.8 Å². The third kappa shape index (κ3) is 4.70. The number of aryl methyl sites for hydroxylation is 1. The van der Waals surface area contributed by atoms with Crippen molar-refractivity contribution in [3.8, 4) is 5.75 Å². The monoisotopic (exact) mass is 283 g/mol. The van der Waals surface area contributed by atoms with Crippen molar-refractivity contribution in [2.75, 3.05) is 0 Å². The molecule has 0 heterocycles. The second-order valence-electron chi connectivity index (χ2n) is 4.97. The number of carbonyl (C=O) groups excluding carboxylic acids is 1. The summed E-state index contributed by atoms with van der Waals surface area (Å²) < 4.78 is 10.3. The molecule has 0 aliphatic carbocycles. The maximum Gasteiger partial charge on any atom is 0.499 e. The fourth-order valence-corrected chi connectivity index (χ4v) is 1.96. The van der Waals surface area contributed by atoms with E-state index in [2.05, 4.69) is 0 Å². The fourth-order valence-electron chi connectivity index (χ4n) is 1.42. The van der Waals surface area contributed by atoms with Gasteiger partial charge >= 0.3 is 6.16 Å². The van der Waals surface area contributed by atoms with Gasteiger partial charge in [0.05, 0.1) is 4.92 Å². The average Bonchev–Trinajstić information content (AvgIpc) is 2.26. The van der Waals surface area contributed by atoms with E-state index < -0.39 is 19.4 Å². The summed E-state index contributed by atoms with van der Waals surface area (Å²) in [6, 6.07) is 4.12. The highest BCUT2D eigenvalue weighted by Crippen LogP contribution is 2.25. The standard InChI is InChI=1S/C12H17NO5Si/c1-5-9-8-10(13(15)16)6-7-11(9)17-12(14)18-19(2,3)4/h6-8H,5H2,1-4H3. The fraction of sp³-hybridized carbons (Fsp3) is 0.417. The Morgan fingerprint density at radius 3 is 2.47 bits per heavy atom. The predicted octanol–water partition coefficient (Wildman–Crippen LogP) is 3.51. The molecule has 7 heteroatoms. The molecule has 0 amide bonds. The number of hydrogen-bond donors (Lipinski definition) is 0. The zero-order valence-electron chi connectivity index (χ0n) is 11.4. The normalized spacial score (nSPS) is 10.9. The highest BCUT2D eigenvalue weighted by molar-refractivity contribution is 6.71. The van der Waals surface area contributed by atoms with E-state index in [1.807, 2.05) is 26.6 Å². The summed E-state index contributed by atoms with van der Waals surface area (Å²) in [4.78, 5) is 21.8. The molecule has 0 aromatic heterocycles. The lowest BCUT2D eigenvalue weighted by atomic mass is 10.1. The van der Waals surface area contributed by atoms with Gasteiger partial charge in [0, 0.05) is 17.7 Å². The summed E-state index contributed by atoms with van der Waals surface area (Å²) in [6.07, 6.45) is -0.236. The number of ether oxygens (including phenoxy) is 1. The molecule has 0 saturated heterocycles. The van der Waals surface area contributed by atoms with Gasteiger partial charge in [-0.2, -0.15) is 0 Å². The lowest BCUT2D eigenvalue weighted by Gasteiger charge is -2.17. The highest BCUT2D eigenvalue weighted by Gasteiger charge is 2.22. The third-order valence-electron chi connectivity index (χ3n) is 2.22. The molecule has 0 atom stereocenters. The molecular weight excluding hydrogens is 266 g/mol. The third-order valence-corrected chi connectivity index (χ3v) is 3.00. The highest BCUT2D eigenvalue weighted by atomic mass is 28.4. The molecule has 0 unspecified atom stereocenters. The van der Waals surface area contributed by atoms with Crippen molar-refractivity contribution in [3.63, 3.8) is 0 Å². The topological polar surface area (TPSA) is 78.7 Å². The molecule has 0 N–H and O–H groups in total. The van der Waals surface area contributed by atoms with E-state index in [1.165, 1.54) is 18.2 Å². The molecule has 6 nitrogen and oxygen atoms in total. The summed E-state index contributed by atoms with van der Waals surface area (Å²) >= 11 is 0. The predicted molar refractivity (Wildman–Crippen MR) is 72.9 cm³/mol. The van der Waals surface area contributed by atoms with Gasteiger partial charge in [0.1, 0.15) is 5.75 Å². The number of non-ortho nitro benzene ring substituents is 1. The van der Waals surface area contributed by atoms with Crippen LogP contribution in [0, 0.1) is 10.1 Å². The van der Waals surface area contributed by atoms with Crippen LogP contribution in [0.4, 0.5) is 10.5 Å². The molecule has 1 aromatic rings. The molecule has 0 fully saturated rings. The van der Waals surface area contributed by atoms with E-state index >= 15 is 0 Å². The molecule has 0 spiro atoms. The van der Waals surface area contributed by atoms with Gasteiger partial charge in [-0.25, -0.2) is 4.79 Å². The molecule has 0 bridgehead atoms. The summed E-state index contributed by atoms with van der Waals surface area (Å²) in [6.45, 7) is 7.43.